The van der Waals surface area contributed by atoms with Crippen LogP contribution < -0.4 is 0 Å². The van der Waals surface area contributed by atoms with Gasteiger partial charge in [-0.15, -0.1) is 11.6 Å². The first-order valence-electron chi connectivity index (χ1n) is 4.87. The average Bonchev–Trinajstić information content (AvgIpc) is 2.23. The van der Waals surface area contributed by atoms with Crippen molar-refractivity contribution in [3.63, 3.8) is 0 Å². The monoisotopic (exact) mass is 272 g/mol. The van der Waals surface area contributed by atoms with Crippen molar-refractivity contribution in [2.24, 2.45) is 0 Å². The quantitative estimate of drug-likeness (QED) is 0.502. The van der Waals surface area contributed by atoms with Crippen LogP contribution >= 0.6 is 11.6 Å². The summed E-state index contributed by atoms with van der Waals surface area (Å²) < 4.78 is 21.6. The predicted octanol–water partition coefficient (Wildman–Crippen LogP) is 2.21. The lowest BCUT2D eigenvalue weighted by molar-refractivity contribution is 0.0479. The first kappa shape index (κ1) is 15.6. The standard InChI is InChI=1S/C8H21ClO4Si2/c1-10-15(11-2,12-3)13-14(4,5)8-6-7-9/h6-8H2,1-5H3. The van der Waals surface area contributed by atoms with Gasteiger partial charge in [0.15, 0.2) is 8.32 Å². The molecule has 0 atom stereocenters. The number of halogens is 1. The summed E-state index contributed by atoms with van der Waals surface area (Å²) in [7, 11) is -0.0639. The summed E-state index contributed by atoms with van der Waals surface area (Å²) in [5.74, 6) is 0.654. The van der Waals surface area contributed by atoms with Gasteiger partial charge in [-0.25, -0.2) is 0 Å². The van der Waals surface area contributed by atoms with Crippen LogP contribution in [0.4, 0.5) is 0 Å². The fourth-order valence-electron chi connectivity index (χ4n) is 1.26. The van der Waals surface area contributed by atoms with Crippen LogP contribution in [0.25, 0.3) is 0 Å². The van der Waals surface area contributed by atoms with Crippen LogP contribution in [0.3, 0.4) is 0 Å². The Kier molecular flexibility index (Phi) is 7.26. The molecule has 0 N–H and O–H groups in total. The minimum absolute atomic E-state index is 0.654. The Hall–Kier alpha value is 0.564. The van der Waals surface area contributed by atoms with E-state index >= 15 is 0 Å². The fourth-order valence-corrected chi connectivity index (χ4v) is 7.26. The van der Waals surface area contributed by atoms with Crippen LogP contribution in [0, 0.1) is 0 Å². The van der Waals surface area contributed by atoms with Crippen molar-refractivity contribution in [3.05, 3.63) is 0 Å². The smallest absolute Gasteiger partial charge is 0.394 e. The van der Waals surface area contributed by atoms with Gasteiger partial charge in [0.25, 0.3) is 0 Å². The maximum Gasteiger partial charge on any atom is 0.668 e. The van der Waals surface area contributed by atoms with Crippen molar-refractivity contribution in [2.45, 2.75) is 25.6 Å². The van der Waals surface area contributed by atoms with Gasteiger partial charge >= 0.3 is 9.05 Å². The van der Waals surface area contributed by atoms with E-state index in [9.17, 15) is 0 Å². The van der Waals surface area contributed by atoms with Gasteiger partial charge in [0.05, 0.1) is 0 Å². The Morgan fingerprint density at radius 1 is 1.00 bits per heavy atom. The summed E-state index contributed by atoms with van der Waals surface area (Å²) in [6.07, 6.45) is 0.947. The largest absolute Gasteiger partial charge is 0.668 e. The summed E-state index contributed by atoms with van der Waals surface area (Å²) in [5, 5.41) is 0. The van der Waals surface area contributed by atoms with Crippen molar-refractivity contribution in [1.29, 1.82) is 0 Å². The molecule has 4 nitrogen and oxygen atoms in total. The molecule has 0 aromatic heterocycles. The fraction of sp³-hybridized carbons (Fsp3) is 1.00. The molecular weight excluding hydrogens is 252 g/mol. The molecule has 0 aliphatic carbocycles. The van der Waals surface area contributed by atoms with Gasteiger partial charge in [-0.05, 0) is 25.6 Å². The molecule has 0 saturated carbocycles. The lowest BCUT2D eigenvalue weighted by Gasteiger charge is -2.32. The van der Waals surface area contributed by atoms with E-state index in [0.29, 0.717) is 5.88 Å². The third kappa shape index (κ3) is 5.44. The molecule has 0 fully saturated rings. The molecule has 0 bridgehead atoms. The summed E-state index contributed by atoms with van der Waals surface area (Å²) in [6.45, 7) is 4.22. The van der Waals surface area contributed by atoms with Crippen LogP contribution in [-0.4, -0.2) is 44.6 Å². The zero-order chi connectivity index (χ0) is 11.9. The molecule has 15 heavy (non-hydrogen) atoms. The van der Waals surface area contributed by atoms with E-state index in [-0.39, 0.29) is 0 Å². The summed E-state index contributed by atoms with van der Waals surface area (Å²) in [4.78, 5) is 0. The third-order valence-electron chi connectivity index (χ3n) is 2.06. The Balaban J connectivity index is 4.37. The van der Waals surface area contributed by atoms with Gasteiger partial charge in [-0.2, -0.15) is 0 Å². The molecule has 7 heteroatoms. The van der Waals surface area contributed by atoms with Gasteiger partial charge < -0.3 is 17.4 Å². The van der Waals surface area contributed by atoms with E-state index < -0.39 is 17.4 Å². The second-order valence-electron chi connectivity index (χ2n) is 3.77. The second-order valence-corrected chi connectivity index (χ2v) is 11.2. The highest BCUT2D eigenvalue weighted by atomic mass is 35.5. The minimum atomic E-state index is -2.88. The van der Waals surface area contributed by atoms with E-state index in [1.165, 1.54) is 0 Å². The first-order chi connectivity index (χ1) is 6.95. The van der Waals surface area contributed by atoms with Crippen LogP contribution in [-0.2, 0) is 17.4 Å². The molecule has 0 aliphatic rings. The highest BCUT2D eigenvalue weighted by Gasteiger charge is 2.47. The molecule has 0 heterocycles. The summed E-state index contributed by atoms with van der Waals surface area (Å²) in [5.41, 5.74) is 0. The molecule has 0 rings (SSSR count). The molecule has 0 aliphatic heterocycles. The minimum Gasteiger partial charge on any atom is -0.394 e. The lowest BCUT2D eigenvalue weighted by atomic mass is 10.6. The SMILES string of the molecule is CO[Si](OC)(OC)O[Si](C)(C)CCCCl. The van der Waals surface area contributed by atoms with E-state index in [1.54, 1.807) is 21.3 Å². The number of rotatable bonds is 8. The van der Waals surface area contributed by atoms with Crippen molar-refractivity contribution < 1.29 is 17.4 Å². The van der Waals surface area contributed by atoms with Gasteiger partial charge in [-0.1, -0.05) is 0 Å². The Morgan fingerprint density at radius 3 is 1.80 bits per heavy atom. The van der Waals surface area contributed by atoms with Crippen LogP contribution in [0.15, 0.2) is 0 Å². The van der Waals surface area contributed by atoms with Crippen LogP contribution in [0.5, 0.6) is 0 Å². The highest BCUT2D eigenvalue weighted by molar-refractivity contribution is 6.78. The molecule has 0 unspecified atom stereocenters. The van der Waals surface area contributed by atoms with Gasteiger partial charge in [-0.3, -0.25) is 0 Å². The number of hydrogen-bond donors (Lipinski definition) is 0. The maximum absolute atomic E-state index is 5.93. The summed E-state index contributed by atoms with van der Waals surface area (Å²) in [6, 6.07) is 0.974. The van der Waals surface area contributed by atoms with E-state index in [2.05, 4.69) is 13.1 Å². The van der Waals surface area contributed by atoms with Gasteiger partial charge in [0.1, 0.15) is 0 Å². The molecule has 0 saturated heterocycles. The van der Waals surface area contributed by atoms with E-state index in [0.717, 1.165) is 12.5 Å². The van der Waals surface area contributed by atoms with Crippen molar-refractivity contribution in [1.82, 2.24) is 0 Å². The topological polar surface area (TPSA) is 36.9 Å². The van der Waals surface area contributed by atoms with Crippen molar-refractivity contribution in [2.75, 3.05) is 27.2 Å². The van der Waals surface area contributed by atoms with Gasteiger partial charge in [0.2, 0.25) is 0 Å². The maximum atomic E-state index is 5.93. The normalized spacial score (nSPS) is 13.2. The molecule has 0 spiro atoms. The molecule has 0 radical (unpaired) electrons. The lowest BCUT2D eigenvalue weighted by Crippen LogP contribution is -2.54. The van der Waals surface area contributed by atoms with Crippen LogP contribution in [0.2, 0.25) is 19.1 Å². The predicted molar refractivity (Wildman–Crippen MR) is 65.5 cm³/mol. The van der Waals surface area contributed by atoms with Crippen molar-refractivity contribution >= 4 is 29.0 Å². The molecular formula is C8H21ClO4Si2. The van der Waals surface area contributed by atoms with Crippen molar-refractivity contribution in [3.8, 4) is 0 Å². The van der Waals surface area contributed by atoms with E-state index in [1.807, 2.05) is 0 Å². The molecule has 92 valence electrons. The number of hydrogen-bond acceptors (Lipinski definition) is 4. The zero-order valence-corrected chi connectivity index (χ0v) is 12.9. The number of alkyl halides is 1. The second kappa shape index (κ2) is 7.00. The van der Waals surface area contributed by atoms with Gasteiger partial charge in [0, 0.05) is 27.2 Å². The Labute approximate surface area is 99.4 Å². The average molecular weight is 273 g/mol. The Morgan fingerprint density at radius 2 is 1.47 bits per heavy atom. The Bertz CT molecular complexity index is 168. The molecule has 0 amide bonds. The van der Waals surface area contributed by atoms with Crippen LogP contribution in [0.1, 0.15) is 6.42 Å². The zero-order valence-electron chi connectivity index (χ0n) is 10.1. The highest BCUT2D eigenvalue weighted by Crippen LogP contribution is 2.21. The third-order valence-corrected chi connectivity index (χ3v) is 8.60. The summed E-state index contributed by atoms with van der Waals surface area (Å²) >= 11 is 5.66. The first-order valence-corrected chi connectivity index (χ1v) is 10.1. The molecule has 0 aromatic rings. The molecule has 0 aromatic carbocycles. The van der Waals surface area contributed by atoms with E-state index in [4.69, 9.17) is 29.0 Å².